The van der Waals surface area contributed by atoms with Gasteiger partial charge < -0.3 is 19.3 Å². The van der Waals surface area contributed by atoms with Crippen LogP contribution >= 0.6 is 0 Å². The molecular weight excluding hydrogens is 342 g/mol. The average Bonchev–Trinajstić information content (AvgIpc) is 2.58. The van der Waals surface area contributed by atoms with E-state index in [1.165, 1.54) is 24.3 Å². The average molecular weight is 365 g/mol. The zero-order chi connectivity index (χ0) is 19.3. The van der Waals surface area contributed by atoms with Gasteiger partial charge in [0.15, 0.2) is 6.61 Å². The maximum atomic E-state index is 12.2. The first-order chi connectivity index (χ1) is 12.2. The van der Waals surface area contributed by atoms with E-state index >= 15 is 0 Å². The smallest absolute Gasteiger partial charge is 0.410 e. The molecule has 0 aromatic heterocycles. The Morgan fingerprint density at radius 3 is 2.12 bits per heavy atom. The number of ether oxygens (including phenoxy) is 2. The van der Waals surface area contributed by atoms with Gasteiger partial charge in [0, 0.05) is 38.3 Å². The van der Waals surface area contributed by atoms with Crippen LogP contribution in [0.4, 0.5) is 10.5 Å². The van der Waals surface area contributed by atoms with E-state index in [-0.39, 0.29) is 24.3 Å². The Morgan fingerprint density at radius 2 is 1.62 bits per heavy atom. The highest BCUT2D eigenvalue weighted by Gasteiger charge is 2.27. The Labute approximate surface area is 151 Å². The van der Waals surface area contributed by atoms with Crippen LogP contribution in [0.5, 0.6) is 5.75 Å². The molecule has 2 amide bonds. The van der Waals surface area contributed by atoms with Crippen molar-refractivity contribution in [1.29, 1.82) is 0 Å². The molecule has 1 fully saturated rings. The van der Waals surface area contributed by atoms with Crippen LogP contribution in [0.25, 0.3) is 0 Å². The fourth-order valence-corrected chi connectivity index (χ4v) is 2.37. The Kier molecular flexibility index (Phi) is 6.01. The van der Waals surface area contributed by atoms with Gasteiger partial charge in [-0.05, 0) is 32.9 Å². The summed E-state index contributed by atoms with van der Waals surface area (Å²) in [5.41, 5.74) is -0.593. The van der Waals surface area contributed by atoms with E-state index in [2.05, 4.69) is 0 Å². The Balaban J connectivity index is 1.77. The molecule has 0 radical (unpaired) electrons. The molecule has 0 saturated carbocycles. The lowest BCUT2D eigenvalue weighted by molar-refractivity contribution is -0.384. The van der Waals surface area contributed by atoms with Gasteiger partial charge in [-0.3, -0.25) is 14.9 Å². The molecule has 142 valence electrons. The predicted octanol–water partition coefficient (Wildman–Crippen LogP) is 2.05. The number of hydrogen-bond donors (Lipinski definition) is 0. The molecule has 1 heterocycles. The molecule has 26 heavy (non-hydrogen) atoms. The quantitative estimate of drug-likeness (QED) is 0.598. The van der Waals surface area contributed by atoms with Crippen LogP contribution in [0, 0.1) is 10.1 Å². The molecule has 1 aliphatic rings. The summed E-state index contributed by atoms with van der Waals surface area (Å²) in [6, 6.07) is 5.54. The first-order valence-corrected chi connectivity index (χ1v) is 8.29. The van der Waals surface area contributed by atoms with Gasteiger partial charge >= 0.3 is 6.09 Å². The Hall–Kier alpha value is -2.84. The molecule has 1 aromatic rings. The minimum Gasteiger partial charge on any atom is -0.484 e. The number of piperazine rings is 1. The number of hydrogen-bond acceptors (Lipinski definition) is 6. The van der Waals surface area contributed by atoms with Crippen LogP contribution in [-0.2, 0) is 9.53 Å². The first-order valence-electron chi connectivity index (χ1n) is 8.29. The van der Waals surface area contributed by atoms with Crippen LogP contribution < -0.4 is 4.74 Å². The maximum Gasteiger partial charge on any atom is 0.410 e. The summed E-state index contributed by atoms with van der Waals surface area (Å²) in [6.07, 6.45) is -0.383. The molecule has 1 saturated heterocycles. The summed E-state index contributed by atoms with van der Waals surface area (Å²) in [6.45, 7) is 6.87. The van der Waals surface area contributed by atoms with Gasteiger partial charge in [-0.2, -0.15) is 0 Å². The Bertz CT molecular complexity index is 660. The van der Waals surface area contributed by atoms with Crippen molar-refractivity contribution in [3.63, 3.8) is 0 Å². The Morgan fingerprint density at radius 1 is 1.08 bits per heavy atom. The number of amides is 2. The standard InChI is InChI=1S/C17H23N3O6/c1-17(2,3)26-16(22)19-10-8-18(9-11-19)15(21)12-25-14-6-4-13(5-7-14)20(23)24/h4-7H,8-12H2,1-3H3. The van der Waals surface area contributed by atoms with Crippen LogP contribution in [0.3, 0.4) is 0 Å². The third-order valence-electron chi connectivity index (χ3n) is 3.69. The summed E-state index contributed by atoms with van der Waals surface area (Å²) in [4.78, 5) is 37.5. The van der Waals surface area contributed by atoms with E-state index < -0.39 is 10.5 Å². The van der Waals surface area contributed by atoms with Gasteiger partial charge in [-0.15, -0.1) is 0 Å². The SMILES string of the molecule is CC(C)(C)OC(=O)N1CCN(C(=O)COc2ccc([N+](=O)[O-])cc2)CC1. The van der Waals surface area contributed by atoms with Gasteiger partial charge in [0.25, 0.3) is 11.6 Å². The third-order valence-corrected chi connectivity index (χ3v) is 3.69. The monoisotopic (exact) mass is 365 g/mol. The minimum atomic E-state index is -0.553. The summed E-state index contributed by atoms with van der Waals surface area (Å²) >= 11 is 0. The van der Waals surface area contributed by atoms with Gasteiger partial charge in [0.1, 0.15) is 11.4 Å². The molecule has 0 N–H and O–H groups in total. The highest BCUT2D eigenvalue weighted by atomic mass is 16.6. The van der Waals surface area contributed by atoms with E-state index in [4.69, 9.17) is 9.47 Å². The zero-order valence-electron chi connectivity index (χ0n) is 15.1. The normalized spacial score (nSPS) is 14.7. The second kappa shape index (κ2) is 8.03. The summed E-state index contributed by atoms with van der Waals surface area (Å²) < 4.78 is 10.7. The van der Waals surface area contributed by atoms with E-state index in [0.717, 1.165) is 0 Å². The van der Waals surface area contributed by atoms with E-state index in [1.807, 2.05) is 0 Å². The number of non-ortho nitro benzene ring substituents is 1. The van der Waals surface area contributed by atoms with Crippen molar-refractivity contribution >= 4 is 17.7 Å². The molecule has 1 aliphatic heterocycles. The van der Waals surface area contributed by atoms with Crippen molar-refractivity contribution < 1.29 is 24.0 Å². The lowest BCUT2D eigenvalue weighted by atomic mass is 10.2. The van der Waals surface area contributed by atoms with Crippen LogP contribution in [0.2, 0.25) is 0 Å². The second-order valence-electron chi connectivity index (χ2n) is 6.89. The molecule has 9 nitrogen and oxygen atoms in total. The summed E-state index contributed by atoms with van der Waals surface area (Å²) in [5, 5.41) is 10.6. The van der Waals surface area contributed by atoms with E-state index in [0.29, 0.717) is 31.9 Å². The number of nitro benzene ring substituents is 1. The topological polar surface area (TPSA) is 102 Å². The van der Waals surface area contributed by atoms with E-state index in [1.54, 1.807) is 30.6 Å². The van der Waals surface area contributed by atoms with Crippen LogP contribution in [0.15, 0.2) is 24.3 Å². The second-order valence-corrected chi connectivity index (χ2v) is 6.89. The van der Waals surface area contributed by atoms with Crippen molar-refractivity contribution in [2.45, 2.75) is 26.4 Å². The first kappa shape index (κ1) is 19.5. The summed E-state index contributed by atoms with van der Waals surface area (Å²) in [7, 11) is 0. The molecule has 0 atom stereocenters. The predicted molar refractivity (Wildman–Crippen MR) is 93.0 cm³/mol. The number of rotatable bonds is 4. The van der Waals surface area contributed by atoms with Crippen molar-refractivity contribution in [2.24, 2.45) is 0 Å². The molecule has 2 rings (SSSR count). The van der Waals surface area contributed by atoms with Gasteiger partial charge in [0.05, 0.1) is 4.92 Å². The fourth-order valence-electron chi connectivity index (χ4n) is 2.37. The lowest BCUT2D eigenvalue weighted by Crippen LogP contribution is -2.52. The minimum absolute atomic E-state index is 0.0399. The molecule has 0 aliphatic carbocycles. The fraction of sp³-hybridized carbons (Fsp3) is 0.529. The van der Waals surface area contributed by atoms with Crippen LogP contribution in [-0.4, -0.2) is 65.1 Å². The highest BCUT2D eigenvalue weighted by molar-refractivity contribution is 5.78. The van der Waals surface area contributed by atoms with Gasteiger partial charge in [-0.25, -0.2) is 4.79 Å². The van der Waals surface area contributed by atoms with Crippen molar-refractivity contribution in [1.82, 2.24) is 9.80 Å². The number of carbonyl (C=O) groups is 2. The highest BCUT2D eigenvalue weighted by Crippen LogP contribution is 2.17. The van der Waals surface area contributed by atoms with E-state index in [9.17, 15) is 19.7 Å². The molecular formula is C17H23N3O6. The summed E-state index contributed by atoms with van der Waals surface area (Å²) in [5.74, 6) is 0.184. The molecule has 9 heteroatoms. The number of carbonyl (C=O) groups excluding carboxylic acids is 2. The number of nitro groups is 1. The van der Waals surface area contributed by atoms with Crippen molar-refractivity contribution in [3.05, 3.63) is 34.4 Å². The van der Waals surface area contributed by atoms with Crippen molar-refractivity contribution in [3.8, 4) is 5.75 Å². The zero-order valence-corrected chi connectivity index (χ0v) is 15.1. The molecule has 0 spiro atoms. The largest absolute Gasteiger partial charge is 0.484 e. The molecule has 0 bridgehead atoms. The van der Waals surface area contributed by atoms with Crippen LogP contribution in [0.1, 0.15) is 20.8 Å². The number of benzene rings is 1. The van der Waals surface area contributed by atoms with Gasteiger partial charge in [0.2, 0.25) is 0 Å². The number of nitrogens with zero attached hydrogens (tertiary/aromatic N) is 3. The lowest BCUT2D eigenvalue weighted by Gasteiger charge is -2.35. The molecule has 1 aromatic carbocycles. The maximum absolute atomic E-state index is 12.2. The van der Waals surface area contributed by atoms with Crippen molar-refractivity contribution in [2.75, 3.05) is 32.8 Å². The molecule has 0 unspecified atom stereocenters. The van der Waals surface area contributed by atoms with Gasteiger partial charge in [-0.1, -0.05) is 0 Å². The third kappa shape index (κ3) is 5.61.